The molecule has 0 aliphatic heterocycles. The third-order valence-corrected chi connectivity index (χ3v) is 3.86. The molecule has 0 atom stereocenters. The lowest BCUT2D eigenvalue weighted by Crippen LogP contribution is -2.51. The second-order valence-corrected chi connectivity index (χ2v) is 5.46. The molecule has 6 heteroatoms. The number of ether oxygens (including phenoxy) is 1. The normalized spacial score (nSPS) is 16.7. The number of hydrogen-bond donors (Lipinski definition) is 2. The lowest BCUT2D eigenvalue weighted by molar-refractivity contribution is 0.0937. The number of carbonyl (C=O) groups excluding carboxylic acids is 1. The number of benzene rings is 1. The maximum absolute atomic E-state index is 13.6. The first-order valence-corrected chi connectivity index (χ1v) is 6.95. The van der Waals surface area contributed by atoms with Gasteiger partial charge in [0.2, 0.25) is 0 Å². The monoisotopic (exact) mass is 316 g/mol. The van der Waals surface area contributed by atoms with Gasteiger partial charge >= 0.3 is 0 Å². The van der Waals surface area contributed by atoms with Crippen molar-refractivity contribution in [2.24, 2.45) is 5.73 Å². The van der Waals surface area contributed by atoms with Crippen molar-refractivity contribution in [2.75, 3.05) is 13.7 Å². The van der Waals surface area contributed by atoms with E-state index in [2.05, 4.69) is 5.32 Å². The number of nitrogens with two attached hydrogens (primary N) is 1. The molecule has 3 N–H and O–H groups in total. The van der Waals surface area contributed by atoms with Crippen LogP contribution in [0.3, 0.4) is 0 Å². The van der Waals surface area contributed by atoms with Gasteiger partial charge < -0.3 is 15.8 Å². The topological polar surface area (TPSA) is 64.3 Å². The zero-order valence-corrected chi connectivity index (χ0v) is 13.0. The van der Waals surface area contributed by atoms with Gasteiger partial charge in [-0.05, 0) is 31.0 Å². The highest BCUT2D eigenvalue weighted by Crippen LogP contribution is 2.25. The first kappa shape index (κ1) is 17.7. The number of rotatable bonds is 4. The van der Waals surface area contributed by atoms with Crippen LogP contribution in [0.15, 0.2) is 18.2 Å². The summed E-state index contributed by atoms with van der Waals surface area (Å²) in [5, 5.41) is 2.80. The summed E-state index contributed by atoms with van der Waals surface area (Å²) in [5.41, 5.74) is 6.21. The van der Waals surface area contributed by atoms with Gasteiger partial charge in [-0.3, -0.25) is 4.79 Å². The minimum atomic E-state index is -0.541. The number of hydrogen-bond acceptors (Lipinski definition) is 3. The van der Waals surface area contributed by atoms with Crippen LogP contribution in [0.2, 0.25) is 0 Å². The summed E-state index contributed by atoms with van der Waals surface area (Å²) < 4.78 is 18.4. The van der Waals surface area contributed by atoms with Gasteiger partial charge in [0.15, 0.2) is 11.6 Å². The van der Waals surface area contributed by atoms with Crippen LogP contribution < -0.4 is 15.8 Å². The number of nitrogens with one attached hydrogen (secondary N) is 1. The summed E-state index contributed by atoms with van der Waals surface area (Å²) in [7, 11) is 1.39. The summed E-state index contributed by atoms with van der Waals surface area (Å²) in [4.78, 5) is 12.0. The predicted octanol–water partition coefficient (Wildman–Crippen LogP) is 2.65. The van der Waals surface area contributed by atoms with Crippen molar-refractivity contribution >= 4 is 18.3 Å². The van der Waals surface area contributed by atoms with Crippen LogP contribution in [0, 0.1) is 5.82 Å². The van der Waals surface area contributed by atoms with Gasteiger partial charge in [-0.1, -0.05) is 19.3 Å². The Hall–Kier alpha value is -1.33. The van der Waals surface area contributed by atoms with Gasteiger partial charge in [0, 0.05) is 17.6 Å². The van der Waals surface area contributed by atoms with E-state index in [4.69, 9.17) is 10.5 Å². The van der Waals surface area contributed by atoms with Crippen molar-refractivity contribution in [1.82, 2.24) is 5.32 Å². The fourth-order valence-corrected chi connectivity index (χ4v) is 2.60. The lowest BCUT2D eigenvalue weighted by atomic mass is 9.82. The summed E-state index contributed by atoms with van der Waals surface area (Å²) in [5.74, 6) is -0.716. The van der Waals surface area contributed by atoms with E-state index in [-0.39, 0.29) is 35.2 Å². The first-order chi connectivity index (χ1) is 9.54. The van der Waals surface area contributed by atoms with Crippen molar-refractivity contribution in [2.45, 2.75) is 37.6 Å². The Morgan fingerprint density at radius 1 is 1.38 bits per heavy atom. The van der Waals surface area contributed by atoms with Crippen LogP contribution in [-0.2, 0) is 0 Å². The fraction of sp³-hybridized carbons (Fsp3) is 0.533. The smallest absolute Gasteiger partial charge is 0.251 e. The molecule has 0 spiro atoms. The Kier molecular flexibility index (Phi) is 6.42. The van der Waals surface area contributed by atoms with E-state index in [0.29, 0.717) is 6.54 Å². The van der Waals surface area contributed by atoms with Crippen LogP contribution in [0.25, 0.3) is 0 Å². The maximum atomic E-state index is 13.6. The molecular formula is C15H22ClFN2O2. The van der Waals surface area contributed by atoms with Gasteiger partial charge in [-0.25, -0.2) is 4.39 Å². The summed E-state index contributed by atoms with van der Waals surface area (Å²) >= 11 is 0. The fourth-order valence-electron chi connectivity index (χ4n) is 2.60. The zero-order valence-electron chi connectivity index (χ0n) is 12.2. The Morgan fingerprint density at radius 3 is 2.62 bits per heavy atom. The number of halogens is 2. The van der Waals surface area contributed by atoms with E-state index in [1.165, 1.54) is 25.7 Å². The van der Waals surface area contributed by atoms with Crippen molar-refractivity contribution in [3.05, 3.63) is 29.6 Å². The molecule has 2 rings (SSSR count). The Bertz CT molecular complexity index is 491. The minimum absolute atomic E-state index is 0. The van der Waals surface area contributed by atoms with Crippen LogP contribution >= 0.6 is 12.4 Å². The van der Waals surface area contributed by atoms with Gasteiger partial charge in [-0.2, -0.15) is 0 Å². The van der Waals surface area contributed by atoms with Crippen LogP contribution in [0.1, 0.15) is 42.5 Å². The molecule has 0 unspecified atom stereocenters. The molecule has 1 aliphatic carbocycles. The highest BCUT2D eigenvalue weighted by molar-refractivity contribution is 5.94. The molecule has 1 saturated carbocycles. The van der Waals surface area contributed by atoms with Crippen molar-refractivity contribution in [3.63, 3.8) is 0 Å². The highest BCUT2D eigenvalue weighted by Gasteiger charge is 2.27. The minimum Gasteiger partial charge on any atom is -0.494 e. The summed E-state index contributed by atoms with van der Waals surface area (Å²) in [6.07, 6.45) is 5.25. The maximum Gasteiger partial charge on any atom is 0.251 e. The molecule has 1 fully saturated rings. The molecule has 0 aromatic heterocycles. The summed E-state index contributed by atoms with van der Waals surface area (Å²) in [6, 6.07) is 4.17. The molecule has 0 saturated heterocycles. The molecule has 1 aromatic carbocycles. The molecule has 0 bridgehead atoms. The standard InChI is InChI=1S/C15H21FN2O2.ClH/c1-20-13-6-5-11(9-12(13)16)14(19)18-10-15(17)7-3-2-4-8-15;/h5-6,9H,2-4,7-8,10,17H2,1H3,(H,18,19);1H. The molecule has 1 aliphatic rings. The average molecular weight is 317 g/mol. The van der Waals surface area contributed by atoms with Crippen molar-refractivity contribution in [3.8, 4) is 5.75 Å². The molecule has 0 radical (unpaired) electrons. The lowest BCUT2D eigenvalue weighted by Gasteiger charge is -2.33. The number of carbonyl (C=O) groups is 1. The van der Waals surface area contributed by atoms with Crippen molar-refractivity contribution in [1.29, 1.82) is 0 Å². The largest absolute Gasteiger partial charge is 0.494 e. The molecule has 1 amide bonds. The predicted molar refractivity (Wildman–Crippen MR) is 82.5 cm³/mol. The molecule has 118 valence electrons. The van der Waals surface area contributed by atoms with Crippen LogP contribution in [0.5, 0.6) is 5.75 Å². The average Bonchev–Trinajstić information content (AvgIpc) is 2.45. The van der Waals surface area contributed by atoms with Gasteiger partial charge in [0.1, 0.15) is 0 Å². The first-order valence-electron chi connectivity index (χ1n) is 6.95. The second kappa shape index (κ2) is 7.61. The van der Waals surface area contributed by atoms with E-state index in [0.717, 1.165) is 25.7 Å². The van der Waals surface area contributed by atoms with Crippen LogP contribution in [-0.4, -0.2) is 25.1 Å². The molecule has 21 heavy (non-hydrogen) atoms. The van der Waals surface area contributed by atoms with Crippen molar-refractivity contribution < 1.29 is 13.9 Å². The zero-order chi connectivity index (χ0) is 14.6. The number of methoxy groups -OCH3 is 1. The van der Waals surface area contributed by atoms with Gasteiger partial charge in [0.25, 0.3) is 5.91 Å². The van der Waals surface area contributed by atoms with E-state index in [1.54, 1.807) is 6.07 Å². The molecule has 1 aromatic rings. The van der Waals surface area contributed by atoms with E-state index < -0.39 is 5.82 Å². The second-order valence-electron chi connectivity index (χ2n) is 5.46. The van der Waals surface area contributed by atoms with Crippen LogP contribution in [0.4, 0.5) is 4.39 Å². The highest BCUT2D eigenvalue weighted by atomic mass is 35.5. The third-order valence-electron chi connectivity index (χ3n) is 3.86. The van der Waals surface area contributed by atoms with E-state index in [9.17, 15) is 9.18 Å². The Morgan fingerprint density at radius 2 is 2.05 bits per heavy atom. The van der Waals surface area contributed by atoms with E-state index >= 15 is 0 Å². The number of amides is 1. The quantitative estimate of drug-likeness (QED) is 0.897. The molecule has 0 heterocycles. The third kappa shape index (κ3) is 4.58. The molecule has 4 nitrogen and oxygen atoms in total. The van der Waals surface area contributed by atoms with Gasteiger partial charge in [0.05, 0.1) is 7.11 Å². The molecular weight excluding hydrogens is 295 g/mol. The Balaban J connectivity index is 0.00000220. The van der Waals surface area contributed by atoms with E-state index in [1.807, 2.05) is 0 Å². The summed E-state index contributed by atoms with van der Waals surface area (Å²) in [6.45, 7) is 0.430. The SMILES string of the molecule is COc1ccc(C(=O)NCC2(N)CCCCC2)cc1F.Cl. The Labute approximate surface area is 130 Å². The van der Waals surface area contributed by atoms with Gasteiger partial charge in [-0.15, -0.1) is 12.4 Å².